The molecule has 0 aliphatic heterocycles. The fraction of sp³-hybridized carbons (Fsp3) is 0.417. The molecule has 168 valence electrons. The highest BCUT2D eigenvalue weighted by molar-refractivity contribution is 7.99. The maximum absolute atomic E-state index is 13.3. The first-order chi connectivity index (χ1) is 14.8. The van der Waals surface area contributed by atoms with Crippen LogP contribution >= 0.6 is 23.4 Å². The van der Waals surface area contributed by atoms with Gasteiger partial charge in [-0.05, 0) is 47.7 Å². The highest BCUT2D eigenvalue weighted by Gasteiger charge is 2.28. The van der Waals surface area contributed by atoms with E-state index in [1.54, 1.807) is 17.0 Å². The Balaban J connectivity index is 2.10. The summed E-state index contributed by atoms with van der Waals surface area (Å²) in [7, 11) is 0. The minimum atomic E-state index is -0.576. The van der Waals surface area contributed by atoms with Crippen LogP contribution in [0, 0.1) is 11.7 Å². The molecule has 2 amide bonds. The standard InChI is InChI=1S/C24H30ClFN2O2S/c1-4-22(24(30)27-13-17(2)3)28(14-18-7-11-21(26)12-8-18)23(29)16-31-15-19-5-9-20(25)10-6-19/h5-12,17,22H,4,13-16H2,1-3H3,(H,27,30)/t22-/m1/s1. The number of thioether (sulfide) groups is 1. The molecule has 31 heavy (non-hydrogen) atoms. The smallest absolute Gasteiger partial charge is 0.242 e. The third-order valence-corrected chi connectivity index (χ3v) is 5.98. The summed E-state index contributed by atoms with van der Waals surface area (Å²) in [6.07, 6.45) is 0.499. The third kappa shape index (κ3) is 8.54. The van der Waals surface area contributed by atoms with Gasteiger partial charge in [0.2, 0.25) is 11.8 Å². The van der Waals surface area contributed by atoms with Gasteiger partial charge in [-0.2, -0.15) is 0 Å². The molecule has 0 radical (unpaired) electrons. The van der Waals surface area contributed by atoms with Crippen LogP contribution in [0.15, 0.2) is 48.5 Å². The fourth-order valence-corrected chi connectivity index (χ4v) is 4.04. The van der Waals surface area contributed by atoms with Crippen molar-refractivity contribution in [1.29, 1.82) is 0 Å². The first kappa shape index (κ1) is 25.2. The van der Waals surface area contributed by atoms with Crippen LogP contribution < -0.4 is 5.32 Å². The molecule has 1 atom stereocenters. The number of carbonyl (C=O) groups is 2. The van der Waals surface area contributed by atoms with Crippen molar-refractivity contribution in [1.82, 2.24) is 10.2 Å². The van der Waals surface area contributed by atoms with Crippen LogP contribution in [0.1, 0.15) is 38.3 Å². The number of benzene rings is 2. The van der Waals surface area contributed by atoms with E-state index in [2.05, 4.69) is 5.32 Å². The van der Waals surface area contributed by atoms with Crippen molar-refractivity contribution in [3.8, 4) is 0 Å². The molecule has 4 nitrogen and oxygen atoms in total. The molecule has 0 bridgehead atoms. The van der Waals surface area contributed by atoms with Crippen LogP contribution in [0.3, 0.4) is 0 Å². The summed E-state index contributed by atoms with van der Waals surface area (Å²) in [5.74, 6) is 0.630. The van der Waals surface area contributed by atoms with Gasteiger partial charge in [-0.15, -0.1) is 11.8 Å². The molecule has 0 saturated carbocycles. The summed E-state index contributed by atoms with van der Waals surface area (Å²) in [5, 5.41) is 3.61. The first-order valence-corrected chi connectivity index (χ1v) is 12.0. The van der Waals surface area contributed by atoms with Gasteiger partial charge in [-0.25, -0.2) is 4.39 Å². The van der Waals surface area contributed by atoms with Gasteiger partial charge >= 0.3 is 0 Å². The Kier molecular flexibility index (Phi) is 10.3. The van der Waals surface area contributed by atoms with Gasteiger partial charge in [0.05, 0.1) is 5.75 Å². The second kappa shape index (κ2) is 12.7. The number of rotatable bonds is 11. The van der Waals surface area contributed by atoms with Crippen LogP contribution in [-0.2, 0) is 21.9 Å². The highest BCUT2D eigenvalue weighted by Crippen LogP contribution is 2.19. The number of carbonyl (C=O) groups excluding carboxylic acids is 2. The van der Waals surface area contributed by atoms with E-state index in [9.17, 15) is 14.0 Å². The highest BCUT2D eigenvalue weighted by atomic mass is 35.5. The number of amides is 2. The van der Waals surface area contributed by atoms with Crippen LogP contribution in [0.5, 0.6) is 0 Å². The van der Waals surface area contributed by atoms with Crippen molar-refractivity contribution in [2.24, 2.45) is 5.92 Å². The van der Waals surface area contributed by atoms with E-state index in [1.807, 2.05) is 45.0 Å². The molecule has 2 rings (SSSR count). The summed E-state index contributed by atoms with van der Waals surface area (Å²) in [5.41, 5.74) is 1.86. The van der Waals surface area contributed by atoms with Crippen molar-refractivity contribution in [2.45, 2.75) is 45.5 Å². The third-order valence-electron chi connectivity index (χ3n) is 4.74. The second-order valence-electron chi connectivity index (χ2n) is 7.83. The molecule has 0 heterocycles. The van der Waals surface area contributed by atoms with Gasteiger partial charge in [0.1, 0.15) is 11.9 Å². The Hall–Kier alpha value is -2.05. The number of hydrogen-bond donors (Lipinski definition) is 1. The average molecular weight is 465 g/mol. The van der Waals surface area contributed by atoms with Crippen molar-refractivity contribution in [3.63, 3.8) is 0 Å². The zero-order chi connectivity index (χ0) is 22.8. The summed E-state index contributed by atoms with van der Waals surface area (Å²) in [6.45, 7) is 6.75. The molecule has 0 fully saturated rings. The Bertz CT molecular complexity index is 844. The van der Waals surface area contributed by atoms with Gasteiger partial charge in [0.25, 0.3) is 0 Å². The summed E-state index contributed by atoms with van der Waals surface area (Å²) in [6, 6.07) is 13.0. The number of hydrogen-bond acceptors (Lipinski definition) is 3. The van der Waals surface area contributed by atoms with Gasteiger partial charge in [-0.1, -0.05) is 56.6 Å². The Morgan fingerprint density at radius 1 is 1.06 bits per heavy atom. The number of nitrogens with one attached hydrogen (secondary N) is 1. The Morgan fingerprint density at radius 3 is 2.26 bits per heavy atom. The molecule has 0 spiro atoms. The van der Waals surface area contributed by atoms with Crippen LogP contribution in [0.4, 0.5) is 4.39 Å². The molecule has 1 N–H and O–H groups in total. The predicted octanol–water partition coefficient (Wildman–Crippen LogP) is 5.29. The molecular weight excluding hydrogens is 435 g/mol. The maximum atomic E-state index is 13.3. The van der Waals surface area contributed by atoms with Crippen molar-refractivity contribution in [3.05, 3.63) is 70.5 Å². The fourth-order valence-electron chi connectivity index (χ4n) is 3.05. The average Bonchev–Trinajstić information content (AvgIpc) is 2.74. The lowest BCUT2D eigenvalue weighted by Crippen LogP contribution is -2.50. The van der Waals surface area contributed by atoms with Crippen LogP contribution in [-0.4, -0.2) is 35.1 Å². The minimum absolute atomic E-state index is 0.116. The van der Waals surface area contributed by atoms with Gasteiger partial charge in [-0.3, -0.25) is 9.59 Å². The second-order valence-corrected chi connectivity index (χ2v) is 9.25. The van der Waals surface area contributed by atoms with E-state index >= 15 is 0 Å². The zero-order valence-corrected chi connectivity index (χ0v) is 19.8. The quantitative estimate of drug-likeness (QED) is 0.491. The van der Waals surface area contributed by atoms with E-state index in [1.165, 1.54) is 23.9 Å². The van der Waals surface area contributed by atoms with Gasteiger partial charge < -0.3 is 10.2 Å². The van der Waals surface area contributed by atoms with Gasteiger partial charge in [0.15, 0.2) is 0 Å². The monoisotopic (exact) mass is 464 g/mol. The van der Waals surface area contributed by atoms with Crippen molar-refractivity contribution >= 4 is 35.2 Å². The molecule has 0 unspecified atom stereocenters. The van der Waals surface area contributed by atoms with Crippen molar-refractivity contribution in [2.75, 3.05) is 12.3 Å². The van der Waals surface area contributed by atoms with Gasteiger partial charge in [0, 0.05) is 23.9 Å². The molecule has 0 aliphatic carbocycles. The van der Waals surface area contributed by atoms with Crippen LogP contribution in [0.25, 0.3) is 0 Å². The van der Waals surface area contributed by atoms with Crippen LogP contribution in [0.2, 0.25) is 5.02 Å². The molecule has 2 aromatic rings. The lowest BCUT2D eigenvalue weighted by molar-refractivity contribution is -0.139. The molecule has 0 saturated heterocycles. The summed E-state index contributed by atoms with van der Waals surface area (Å²) in [4.78, 5) is 27.6. The largest absolute Gasteiger partial charge is 0.354 e. The van der Waals surface area contributed by atoms with E-state index in [0.29, 0.717) is 29.7 Å². The van der Waals surface area contributed by atoms with E-state index in [4.69, 9.17) is 11.6 Å². The number of halogens is 2. The molecule has 7 heteroatoms. The summed E-state index contributed by atoms with van der Waals surface area (Å²) >= 11 is 7.41. The molecule has 0 aliphatic rings. The predicted molar refractivity (Wildman–Crippen MR) is 126 cm³/mol. The molecule has 0 aromatic heterocycles. The minimum Gasteiger partial charge on any atom is -0.354 e. The first-order valence-electron chi connectivity index (χ1n) is 10.4. The van der Waals surface area contributed by atoms with E-state index < -0.39 is 6.04 Å². The maximum Gasteiger partial charge on any atom is 0.242 e. The SMILES string of the molecule is CC[C@H](C(=O)NCC(C)C)N(Cc1ccc(F)cc1)C(=O)CSCc1ccc(Cl)cc1. The normalized spacial score (nSPS) is 11.9. The summed E-state index contributed by atoms with van der Waals surface area (Å²) < 4.78 is 13.3. The molecular formula is C24H30ClFN2O2S. The Morgan fingerprint density at radius 2 is 1.68 bits per heavy atom. The molecule has 2 aromatic carbocycles. The van der Waals surface area contributed by atoms with E-state index in [0.717, 1.165) is 11.1 Å². The Labute approximate surface area is 193 Å². The van der Waals surface area contributed by atoms with E-state index in [-0.39, 0.29) is 29.9 Å². The topological polar surface area (TPSA) is 49.4 Å². The number of nitrogens with zero attached hydrogens (tertiary/aromatic N) is 1. The lowest BCUT2D eigenvalue weighted by Gasteiger charge is -2.31. The zero-order valence-electron chi connectivity index (χ0n) is 18.2. The lowest BCUT2D eigenvalue weighted by atomic mass is 10.1. The van der Waals surface area contributed by atoms with Crippen molar-refractivity contribution < 1.29 is 14.0 Å².